The van der Waals surface area contributed by atoms with E-state index in [1.807, 2.05) is 18.3 Å². The molecule has 6 nitrogen and oxygen atoms in total. The van der Waals surface area contributed by atoms with Gasteiger partial charge in [-0.05, 0) is 73.8 Å². The monoisotopic (exact) mass is 387 g/mol. The molecule has 1 aliphatic heterocycles. The molecule has 0 spiro atoms. The van der Waals surface area contributed by atoms with Crippen LogP contribution in [0, 0.1) is 0 Å². The SMILES string of the molecule is CN1CCC(c2c[nH]c3ccc(Cc4nc(Cc5cccnc5)no4)cc23)CC1. The van der Waals surface area contributed by atoms with Crippen LogP contribution in [-0.2, 0) is 12.8 Å². The first-order chi connectivity index (χ1) is 14.2. The van der Waals surface area contributed by atoms with E-state index >= 15 is 0 Å². The molecule has 3 aromatic heterocycles. The van der Waals surface area contributed by atoms with Crippen molar-refractivity contribution in [3.8, 4) is 0 Å². The number of hydrogen-bond acceptors (Lipinski definition) is 5. The largest absolute Gasteiger partial charge is 0.361 e. The minimum atomic E-state index is 0.629. The van der Waals surface area contributed by atoms with Crippen LogP contribution in [-0.4, -0.2) is 45.1 Å². The molecule has 5 rings (SSSR count). The zero-order chi connectivity index (χ0) is 19.6. The smallest absolute Gasteiger partial charge is 0.231 e. The molecule has 1 saturated heterocycles. The van der Waals surface area contributed by atoms with Crippen LogP contribution in [0.25, 0.3) is 10.9 Å². The highest BCUT2D eigenvalue weighted by atomic mass is 16.5. The fraction of sp³-hybridized carbons (Fsp3) is 0.348. The van der Waals surface area contributed by atoms with E-state index in [2.05, 4.69) is 56.5 Å². The zero-order valence-corrected chi connectivity index (χ0v) is 16.6. The van der Waals surface area contributed by atoms with Crippen LogP contribution in [0.1, 0.15) is 47.2 Å². The van der Waals surface area contributed by atoms with Crippen LogP contribution >= 0.6 is 0 Å². The number of nitrogens with one attached hydrogen (secondary N) is 1. The summed E-state index contributed by atoms with van der Waals surface area (Å²) in [5, 5.41) is 5.46. The minimum absolute atomic E-state index is 0.629. The molecule has 0 aliphatic carbocycles. The van der Waals surface area contributed by atoms with Crippen LogP contribution < -0.4 is 0 Å². The molecule has 0 atom stereocenters. The van der Waals surface area contributed by atoms with Gasteiger partial charge < -0.3 is 14.4 Å². The number of H-pyrrole nitrogens is 1. The zero-order valence-electron chi connectivity index (χ0n) is 16.6. The average Bonchev–Trinajstić information content (AvgIpc) is 3.36. The van der Waals surface area contributed by atoms with Crippen molar-refractivity contribution >= 4 is 10.9 Å². The third-order valence-electron chi connectivity index (χ3n) is 5.89. The van der Waals surface area contributed by atoms with Gasteiger partial charge >= 0.3 is 0 Å². The van der Waals surface area contributed by atoms with Crippen LogP contribution in [0.4, 0.5) is 0 Å². The second kappa shape index (κ2) is 7.79. The molecule has 148 valence electrons. The van der Waals surface area contributed by atoms with Crippen LogP contribution in [0.5, 0.6) is 0 Å². The normalized spacial score (nSPS) is 15.9. The van der Waals surface area contributed by atoms with Crippen molar-refractivity contribution in [1.29, 1.82) is 0 Å². The first kappa shape index (κ1) is 18.1. The Morgan fingerprint density at radius 3 is 2.86 bits per heavy atom. The van der Waals surface area contributed by atoms with Gasteiger partial charge in [0.2, 0.25) is 5.89 Å². The highest BCUT2D eigenvalue weighted by molar-refractivity contribution is 5.84. The Morgan fingerprint density at radius 1 is 1.14 bits per heavy atom. The number of hydrogen-bond donors (Lipinski definition) is 1. The molecule has 29 heavy (non-hydrogen) atoms. The Balaban J connectivity index is 1.34. The molecule has 6 heteroatoms. The fourth-order valence-electron chi connectivity index (χ4n) is 4.25. The van der Waals surface area contributed by atoms with Gasteiger partial charge in [0, 0.05) is 35.9 Å². The van der Waals surface area contributed by atoms with E-state index in [4.69, 9.17) is 4.52 Å². The van der Waals surface area contributed by atoms with E-state index in [1.54, 1.807) is 6.20 Å². The van der Waals surface area contributed by atoms with Crippen LogP contribution in [0.2, 0.25) is 0 Å². The lowest BCUT2D eigenvalue weighted by Crippen LogP contribution is -2.29. The minimum Gasteiger partial charge on any atom is -0.361 e. The molecule has 0 amide bonds. The van der Waals surface area contributed by atoms with Gasteiger partial charge in [-0.25, -0.2) is 0 Å². The Morgan fingerprint density at radius 2 is 2.03 bits per heavy atom. The Kier molecular flexibility index (Phi) is 4.86. The maximum Gasteiger partial charge on any atom is 0.231 e. The predicted octanol–water partition coefficient (Wildman–Crippen LogP) is 3.94. The van der Waals surface area contributed by atoms with E-state index in [-0.39, 0.29) is 0 Å². The van der Waals surface area contributed by atoms with Crippen LogP contribution in [0.3, 0.4) is 0 Å². The van der Waals surface area contributed by atoms with E-state index in [0.29, 0.717) is 30.5 Å². The van der Waals surface area contributed by atoms with Gasteiger partial charge in [-0.15, -0.1) is 0 Å². The fourth-order valence-corrected chi connectivity index (χ4v) is 4.25. The molecule has 0 saturated carbocycles. The number of fused-ring (bicyclic) bond motifs is 1. The molecule has 4 aromatic rings. The van der Waals surface area contributed by atoms with Crippen molar-refractivity contribution in [2.75, 3.05) is 20.1 Å². The summed E-state index contributed by atoms with van der Waals surface area (Å²) in [7, 11) is 2.20. The van der Waals surface area contributed by atoms with Gasteiger partial charge in [-0.2, -0.15) is 4.98 Å². The van der Waals surface area contributed by atoms with E-state index in [1.165, 1.54) is 48.0 Å². The number of piperidine rings is 1. The van der Waals surface area contributed by atoms with Crippen LogP contribution in [0.15, 0.2) is 53.4 Å². The summed E-state index contributed by atoms with van der Waals surface area (Å²) in [5.74, 6) is 1.98. The number of benzene rings is 1. The Hall–Kier alpha value is -2.99. The van der Waals surface area contributed by atoms with E-state index < -0.39 is 0 Å². The Bertz CT molecular complexity index is 1090. The molecule has 0 unspecified atom stereocenters. The number of likely N-dealkylation sites (tertiary alicyclic amines) is 1. The topological polar surface area (TPSA) is 70.8 Å². The maximum absolute atomic E-state index is 5.50. The average molecular weight is 387 g/mol. The summed E-state index contributed by atoms with van der Waals surface area (Å²) >= 11 is 0. The van der Waals surface area contributed by atoms with Crippen molar-refractivity contribution < 1.29 is 4.52 Å². The van der Waals surface area contributed by atoms with E-state index in [9.17, 15) is 0 Å². The van der Waals surface area contributed by atoms with E-state index in [0.717, 1.165) is 5.56 Å². The molecule has 0 bridgehead atoms. The van der Waals surface area contributed by atoms with Gasteiger partial charge in [0.25, 0.3) is 0 Å². The molecule has 1 N–H and O–H groups in total. The highest BCUT2D eigenvalue weighted by Gasteiger charge is 2.21. The number of nitrogens with zero attached hydrogens (tertiary/aromatic N) is 4. The predicted molar refractivity (Wildman–Crippen MR) is 112 cm³/mol. The third kappa shape index (κ3) is 3.93. The van der Waals surface area contributed by atoms with Gasteiger partial charge in [0.05, 0.1) is 6.42 Å². The number of aromatic amines is 1. The van der Waals surface area contributed by atoms with Crippen molar-refractivity contribution in [3.05, 3.63) is 77.3 Å². The molecule has 4 heterocycles. The highest BCUT2D eigenvalue weighted by Crippen LogP contribution is 2.33. The van der Waals surface area contributed by atoms with Crippen molar-refractivity contribution in [1.82, 2.24) is 25.0 Å². The lowest BCUT2D eigenvalue weighted by molar-refractivity contribution is 0.256. The second-order valence-corrected chi connectivity index (χ2v) is 8.02. The summed E-state index contributed by atoms with van der Waals surface area (Å²) in [6, 6.07) is 10.5. The molecule has 0 radical (unpaired) electrons. The molecular weight excluding hydrogens is 362 g/mol. The number of rotatable bonds is 5. The molecule has 1 aliphatic rings. The summed E-state index contributed by atoms with van der Waals surface area (Å²) in [6.45, 7) is 2.33. The van der Waals surface area contributed by atoms with Gasteiger partial charge in [-0.1, -0.05) is 17.3 Å². The lowest BCUT2D eigenvalue weighted by Gasteiger charge is -2.28. The maximum atomic E-state index is 5.50. The molecule has 1 aromatic carbocycles. The molecule has 1 fully saturated rings. The van der Waals surface area contributed by atoms with Crippen molar-refractivity contribution in [2.45, 2.75) is 31.6 Å². The first-order valence-corrected chi connectivity index (χ1v) is 10.2. The van der Waals surface area contributed by atoms with Crippen molar-refractivity contribution in [3.63, 3.8) is 0 Å². The second-order valence-electron chi connectivity index (χ2n) is 8.02. The van der Waals surface area contributed by atoms with Crippen molar-refractivity contribution in [2.24, 2.45) is 0 Å². The third-order valence-corrected chi connectivity index (χ3v) is 5.89. The van der Waals surface area contributed by atoms with Gasteiger partial charge in [0.1, 0.15) is 0 Å². The Labute approximate surface area is 170 Å². The number of aromatic nitrogens is 4. The van der Waals surface area contributed by atoms with Gasteiger partial charge in [-0.3, -0.25) is 4.98 Å². The number of pyridine rings is 1. The molecular formula is C23H25N5O. The summed E-state index contributed by atoms with van der Waals surface area (Å²) in [5.41, 5.74) is 4.92. The summed E-state index contributed by atoms with van der Waals surface area (Å²) in [6.07, 6.45) is 9.51. The lowest BCUT2D eigenvalue weighted by atomic mass is 9.89. The summed E-state index contributed by atoms with van der Waals surface area (Å²) in [4.78, 5) is 14.6. The quantitative estimate of drug-likeness (QED) is 0.562. The van der Waals surface area contributed by atoms with Gasteiger partial charge in [0.15, 0.2) is 5.82 Å². The summed E-state index contributed by atoms with van der Waals surface area (Å²) < 4.78 is 5.50. The first-order valence-electron chi connectivity index (χ1n) is 10.2. The standard InChI is InChI=1S/C23H25N5O/c1-28-9-6-18(7-10-28)20-15-25-21-5-4-16(11-19(20)21)13-23-26-22(27-29-23)12-17-3-2-8-24-14-17/h2-5,8,11,14-15,18,25H,6-7,9-10,12-13H2,1H3.